The molecule has 0 atom stereocenters. The van der Waals surface area contributed by atoms with Gasteiger partial charge in [0.1, 0.15) is 0 Å². The van der Waals surface area contributed by atoms with Crippen LogP contribution in [0.3, 0.4) is 0 Å². The van der Waals surface area contributed by atoms with E-state index in [9.17, 15) is 0 Å². The van der Waals surface area contributed by atoms with E-state index in [1.54, 1.807) is 0 Å². The predicted molar refractivity (Wildman–Crippen MR) is 27.4 cm³/mol. The second-order valence-corrected chi connectivity index (χ2v) is 8.10. The Kier molecular flexibility index (Phi) is 2.96. The fourth-order valence-corrected chi connectivity index (χ4v) is 7.89. The van der Waals surface area contributed by atoms with Crippen LogP contribution in [-0.2, 0) is 52.2 Å². The van der Waals surface area contributed by atoms with Gasteiger partial charge in [0.05, 0.1) is 0 Å². The fraction of sp³-hybridized carbons (Fsp3) is 0. The first-order valence-corrected chi connectivity index (χ1v) is 8.17. The van der Waals surface area contributed by atoms with Crippen molar-refractivity contribution in [3.05, 3.63) is 18.2 Å². The van der Waals surface area contributed by atoms with Crippen LogP contribution in [0.15, 0.2) is 18.2 Å². The van der Waals surface area contributed by atoms with E-state index in [0.29, 0.717) is 58.0 Å². The Morgan fingerprint density at radius 3 is 2.33 bits per heavy atom. The van der Waals surface area contributed by atoms with E-state index in [0.717, 1.165) is 0 Å². The van der Waals surface area contributed by atoms with E-state index >= 15 is 0 Å². The fourth-order valence-electron chi connectivity index (χ4n) is 0.639. The third-order valence-electron chi connectivity index (χ3n) is 1.14. The second kappa shape index (κ2) is 3.33. The summed E-state index contributed by atoms with van der Waals surface area (Å²) in [5.41, 5.74) is 0. The Morgan fingerprint density at radius 2 is 1.89 bits per heavy atom. The number of rotatable bonds is 0. The van der Waals surface area contributed by atoms with Crippen LogP contribution in [0.5, 0.6) is 5.75 Å². The molecule has 0 aliphatic carbocycles. The van der Waals surface area contributed by atoms with E-state index in [-0.39, 0.29) is 0 Å². The zero-order chi connectivity index (χ0) is 6.85. The molecule has 0 aliphatic heterocycles. The zero-order valence-corrected chi connectivity index (χ0v) is 16.1. The van der Waals surface area contributed by atoms with Gasteiger partial charge in [-0.2, -0.15) is 0 Å². The van der Waals surface area contributed by atoms with Crippen LogP contribution in [0.25, 0.3) is 0 Å². The molecule has 0 heterocycles. The topological polar surface area (TPSA) is 20.2 Å². The second-order valence-electron chi connectivity index (χ2n) is 1.96. The summed E-state index contributed by atoms with van der Waals surface area (Å²) in [7, 11) is 0. The molecular formula is C6H4Hg2O. The van der Waals surface area contributed by atoms with Crippen molar-refractivity contribution in [1.29, 1.82) is 0 Å². The molecule has 0 unspecified atom stereocenters. The van der Waals surface area contributed by atoms with Crippen molar-refractivity contribution in [2.24, 2.45) is 0 Å². The van der Waals surface area contributed by atoms with Gasteiger partial charge in [0, 0.05) is 0 Å². The van der Waals surface area contributed by atoms with Crippen LogP contribution in [0.2, 0.25) is 0 Å². The Morgan fingerprint density at radius 1 is 1.22 bits per heavy atom. The Bertz CT molecular complexity index is 222. The first kappa shape index (κ1) is 7.99. The van der Waals surface area contributed by atoms with Crippen molar-refractivity contribution >= 4 is 6.14 Å². The molecule has 0 amide bonds. The third kappa shape index (κ3) is 2.19. The van der Waals surface area contributed by atoms with Gasteiger partial charge in [0.25, 0.3) is 0 Å². The van der Waals surface area contributed by atoms with Gasteiger partial charge in [-0.25, -0.2) is 0 Å². The number of aromatic hydroxyl groups is 1. The molecule has 9 heavy (non-hydrogen) atoms. The molecule has 0 radical (unpaired) electrons. The van der Waals surface area contributed by atoms with Crippen LogP contribution < -0.4 is 6.14 Å². The number of benzene rings is 1. The van der Waals surface area contributed by atoms with Crippen molar-refractivity contribution in [1.82, 2.24) is 0 Å². The van der Waals surface area contributed by atoms with E-state index < -0.39 is 0 Å². The molecule has 1 aromatic carbocycles. The molecule has 3 heteroatoms. The molecule has 1 aromatic rings. The van der Waals surface area contributed by atoms with Crippen LogP contribution >= 0.6 is 0 Å². The van der Waals surface area contributed by atoms with E-state index in [1.165, 1.54) is 6.14 Å². The van der Waals surface area contributed by atoms with Crippen molar-refractivity contribution in [3.63, 3.8) is 0 Å². The van der Waals surface area contributed by atoms with Crippen molar-refractivity contribution < 1.29 is 57.3 Å². The molecule has 0 saturated carbocycles. The summed E-state index contributed by atoms with van der Waals surface area (Å²) in [6.07, 6.45) is 0. The zero-order valence-electron chi connectivity index (χ0n) is 5.09. The van der Waals surface area contributed by atoms with Crippen LogP contribution in [0, 0.1) is 0 Å². The van der Waals surface area contributed by atoms with Crippen LogP contribution in [-0.4, -0.2) is 5.11 Å². The third-order valence-corrected chi connectivity index (χ3v) is 5.06. The molecule has 0 bridgehead atoms. The molecule has 0 aromatic heterocycles. The van der Waals surface area contributed by atoms with Crippen molar-refractivity contribution in [3.8, 4) is 5.75 Å². The van der Waals surface area contributed by atoms with E-state index in [4.69, 9.17) is 5.11 Å². The summed E-state index contributed by atoms with van der Waals surface area (Å²) in [6, 6.07) is 5.95. The summed E-state index contributed by atoms with van der Waals surface area (Å²) in [5, 5.41) is 9.11. The normalized spacial score (nSPS) is 9.78. The van der Waals surface area contributed by atoms with Gasteiger partial charge in [-0.05, 0) is 0 Å². The van der Waals surface area contributed by atoms with E-state index in [1.807, 2.05) is 12.1 Å². The quantitative estimate of drug-likeness (QED) is 0.494. The number of phenolic OH excluding ortho intramolecular Hbond substituents is 1. The number of hydrogen-bond donors (Lipinski definition) is 1. The molecule has 38 valence electrons. The molecule has 0 spiro atoms. The predicted octanol–water partition coefficient (Wildman–Crippen LogP) is -0.264. The Balaban J connectivity index is 3.17. The van der Waals surface area contributed by atoms with Gasteiger partial charge in [-0.1, -0.05) is 0 Å². The summed E-state index contributed by atoms with van der Waals surface area (Å²) < 4.78 is 2.61. The van der Waals surface area contributed by atoms with Crippen molar-refractivity contribution in [2.75, 3.05) is 0 Å². The summed E-state index contributed by atoms with van der Waals surface area (Å²) in [5.74, 6) is 0.493. The molecule has 0 saturated heterocycles. The first-order valence-electron chi connectivity index (χ1n) is 2.67. The van der Waals surface area contributed by atoms with E-state index in [2.05, 4.69) is 6.07 Å². The summed E-state index contributed by atoms with van der Waals surface area (Å²) >= 11 is 1.28. The maximum atomic E-state index is 9.11. The summed E-state index contributed by atoms with van der Waals surface area (Å²) in [4.78, 5) is 0. The average Bonchev–Trinajstić information content (AvgIpc) is 1.80. The molecule has 0 aliphatic rings. The molecular weight excluding hydrogens is 489 g/mol. The SMILES string of the molecule is Oc1cc[c]([Hg])c[c]1[Hg]. The maximum absolute atomic E-state index is 9.11. The average molecular weight is 493 g/mol. The monoisotopic (exact) mass is 496 g/mol. The standard InChI is InChI=1S/C6H4O.2Hg/c7-6-4-2-1-3-5-6;;/h2-4,7H;;. The molecule has 1 nitrogen and oxygen atoms in total. The number of hydrogen-bond acceptors (Lipinski definition) is 1. The molecule has 0 fully saturated rings. The Labute approximate surface area is 86.4 Å². The Hall–Kier alpha value is 0.890. The molecule has 1 N–H and O–H groups in total. The van der Waals surface area contributed by atoms with Gasteiger partial charge in [-0.15, -0.1) is 0 Å². The van der Waals surface area contributed by atoms with Crippen LogP contribution in [0.4, 0.5) is 0 Å². The summed E-state index contributed by atoms with van der Waals surface area (Å²) in [6.45, 7) is 0. The minimum atomic E-state index is 0.493. The van der Waals surface area contributed by atoms with Gasteiger partial charge in [0.15, 0.2) is 0 Å². The van der Waals surface area contributed by atoms with Crippen LogP contribution in [0.1, 0.15) is 0 Å². The van der Waals surface area contributed by atoms with Gasteiger partial charge in [-0.3, -0.25) is 0 Å². The van der Waals surface area contributed by atoms with Gasteiger partial charge >= 0.3 is 87.4 Å². The number of phenols is 1. The van der Waals surface area contributed by atoms with Gasteiger partial charge < -0.3 is 0 Å². The van der Waals surface area contributed by atoms with Crippen molar-refractivity contribution in [2.45, 2.75) is 0 Å². The molecule has 1 rings (SSSR count). The van der Waals surface area contributed by atoms with Gasteiger partial charge in [0.2, 0.25) is 0 Å². The minimum absolute atomic E-state index is 0.493. The first-order chi connectivity index (χ1) is 4.20.